The van der Waals surface area contributed by atoms with E-state index in [1.54, 1.807) is 0 Å². The van der Waals surface area contributed by atoms with Crippen molar-refractivity contribution >= 4 is 11.9 Å². The summed E-state index contributed by atoms with van der Waals surface area (Å²) in [4.78, 5) is 23.7. The van der Waals surface area contributed by atoms with Gasteiger partial charge in [0, 0.05) is 19.5 Å². The van der Waals surface area contributed by atoms with Crippen molar-refractivity contribution in [2.45, 2.75) is 31.9 Å². The van der Waals surface area contributed by atoms with Crippen LogP contribution >= 0.6 is 0 Å². The highest BCUT2D eigenvalue weighted by atomic mass is 19.4. The van der Waals surface area contributed by atoms with Crippen LogP contribution in [0.15, 0.2) is 0 Å². The van der Waals surface area contributed by atoms with E-state index in [0.717, 1.165) is 17.7 Å². The van der Waals surface area contributed by atoms with E-state index in [0.29, 0.717) is 0 Å². The zero-order valence-corrected chi connectivity index (χ0v) is 9.66. The van der Waals surface area contributed by atoms with Gasteiger partial charge in [0.15, 0.2) is 5.41 Å². The second kappa shape index (κ2) is 4.13. The zero-order chi connectivity index (χ0) is 13.6. The number of alkyl halides is 3. The molecule has 2 fully saturated rings. The van der Waals surface area contributed by atoms with Crippen molar-refractivity contribution in [3.8, 4) is 0 Å². The maximum atomic E-state index is 12.9. The SMILES string of the molecule is O=C(CC1CC1)N1CCC(C(=O)O)(C(F)(F)F)C1. The average molecular weight is 265 g/mol. The van der Waals surface area contributed by atoms with Gasteiger partial charge in [-0.2, -0.15) is 13.2 Å². The third-order valence-electron chi connectivity index (χ3n) is 3.73. The maximum Gasteiger partial charge on any atom is 0.406 e. The summed E-state index contributed by atoms with van der Waals surface area (Å²) in [6, 6.07) is 0. The monoisotopic (exact) mass is 265 g/mol. The fourth-order valence-electron chi connectivity index (χ4n) is 2.25. The van der Waals surface area contributed by atoms with Gasteiger partial charge in [-0.15, -0.1) is 0 Å². The van der Waals surface area contributed by atoms with Crippen molar-refractivity contribution in [1.29, 1.82) is 0 Å². The molecule has 0 spiro atoms. The summed E-state index contributed by atoms with van der Waals surface area (Å²) in [5.41, 5.74) is -2.79. The molecule has 1 unspecified atom stereocenters. The molecular weight excluding hydrogens is 251 g/mol. The van der Waals surface area contributed by atoms with E-state index >= 15 is 0 Å². The number of likely N-dealkylation sites (tertiary alicyclic amines) is 1. The number of aliphatic carboxylic acids is 1. The third-order valence-corrected chi connectivity index (χ3v) is 3.73. The van der Waals surface area contributed by atoms with Crippen LogP contribution in [0.2, 0.25) is 0 Å². The Labute approximate surface area is 102 Å². The fraction of sp³-hybridized carbons (Fsp3) is 0.818. The van der Waals surface area contributed by atoms with Crippen LogP contribution in [0.3, 0.4) is 0 Å². The molecule has 1 saturated heterocycles. The van der Waals surface area contributed by atoms with Crippen molar-refractivity contribution in [2.24, 2.45) is 11.3 Å². The molecule has 4 nitrogen and oxygen atoms in total. The van der Waals surface area contributed by atoms with Gasteiger partial charge < -0.3 is 10.0 Å². The van der Waals surface area contributed by atoms with Crippen LogP contribution in [-0.2, 0) is 9.59 Å². The van der Waals surface area contributed by atoms with Crippen molar-refractivity contribution in [2.75, 3.05) is 13.1 Å². The van der Waals surface area contributed by atoms with E-state index in [9.17, 15) is 22.8 Å². The Morgan fingerprint density at radius 2 is 1.94 bits per heavy atom. The average Bonchev–Trinajstić information content (AvgIpc) is 2.92. The fourth-order valence-corrected chi connectivity index (χ4v) is 2.25. The highest BCUT2D eigenvalue weighted by Gasteiger charge is 2.64. The van der Waals surface area contributed by atoms with Crippen molar-refractivity contribution in [3.63, 3.8) is 0 Å². The van der Waals surface area contributed by atoms with Crippen LogP contribution < -0.4 is 0 Å². The van der Waals surface area contributed by atoms with Gasteiger partial charge in [-0.1, -0.05) is 0 Å². The first kappa shape index (κ1) is 13.2. The lowest BCUT2D eigenvalue weighted by atomic mass is 9.86. The first-order chi connectivity index (χ1) is 8.26. The van der Waals surface area contributed by atoms with Crippen molar-refractivity contribution < 1.29 is 27.9 Å². The Morgan fingerprint density at radius 1 is 1.33 bits per heavy atom. The van der Waals surface area contributed by atoms with Gasteiger partial charge in [-0.05, 0) is 25.2 Å². The van der Waals surface area contributed by atoms with Crippen molar-refractivity contribution in [1.82, 2.24) is 4.90 Å². The standard InChI is InChI=1S/C11H14F3NO3/c12-11(13,14)10(9(17)18)3-4-15(6-10)8(16)5-7-1-2-7/h7H,1-6H2,(H,17,18). The first-order valence-electron chi connectivity index (χ1n) is 5.84. The predicted octanol–water partition coefficient (Wildman–Crippen LogP) is 1.65. The summed E-state index contributed by atoms with van der Waals surface area (Å²) < 4.78 is 38.6. The van der Waals surface area contributed by atoms with Crippen LogP contribution in [0, 0.1) is 11.3 Å². The summed E-state index contributed by atoms with van der Waals surface area (Å²) >= 11 is 0. The topological polar surface area (TPSA) is 57.6 Å². The van der Waals surface area contributed by atoms with Crippen LogP contribution in [0.1, 0.15) is 25.7 Å². The number of carboxylic acid groups (broad SMARTS) is 1. The lowest BCUT2D eigenvalue weighted by molar-refractivity contribution is -0.227. The molecule has 18 heavy (non-hydrogen) atoms. The molecule has 102 valence electrons. The minimum Gasteiger partial charge on any atom is -0.481 e. The Morgan fingerprint density at radius 3 is 2.33 bits per heavy atom. The van der Waals surface area contributed by atoms with Gasteiger partial charge in [-0.25, -0.2) is 0 Å². The normalized spacial score (nSPS) is 28.5. The Kier molecular flexibility index (Phi) is 3.03. The lowest BCUT2D eigenvalue weighted by Gasteiger charge is -2.27. The van der Waals surface area contributed by atoms with Gasteiger partial charge in [-0.3, -0.25) is 9.59 Å². The van der Waals surface area contributed by atoms with Crippen LogP contribution in [0.5, 0.6) is 0 Å². The molecular formula is C11H14F3NO3. The van der Waals surface area contributed by atoms with Gasteiger partial charge in [0.2, 0.25) is 5.91 Å². The number of hydrogen-bond donors (Lipinski definition) is 1. The number of nitrogens with zero attached hydrogens (tertiary/aromatic N) is 1. The molecule has 2 rings (SSSR count). The molecule has 0 bridgehead atoms. The second-order valence-corrected chi connectivity index (χ2v) is 5.10. The molecule has 0 aromatic carbocycles. The Balaban J connectivity index is 2.08. The van der Waals surface area contributed by atoms with Crippen LogP contribution in [0.25, 0.3) is 0 Å². The largest absolute Gasteiger partial charge is 0.481 e. The number of halogens is 3. The summed E-state index contributed by atoms with van der Waals surface area (Å²) in [6.07, 6.45) is -3.27. The van der Waals surface area contributed by atoms with E-state index in [1.807, 2.05) is 0 Å². The van der Waals surface area contributed by atoms with Gasteiger partial charge in [0.1, 0.15) is 0 Å². The smallest absolute Gasteiger partial charge is 0.406 e. The summed E-state index contributed by atoms with van der Waals surface area (Å²) in [6.45, 7) is -0.880. The molecule has 0 aromatic heterocycles. The maximum absolute atomic E-state index is 12.9. The number of carbonyl (C=O) groups is 2. The highest BCUT2D eigenvalue weighted by molar-refractivity contribution is 5.81. The summed E-state index contributed by atoms with van der Waals surface area (Å²) in [5, 5.41) is 8.84. The van der Waals surface area contributed by atoms with E-state index < -0.39 is 30.5 Å². The van der Waals surface area contributed by atoms with E-state index in [-0.39, 0.29) is 24.8 Å². The second-order valence-electron chi connectivity index (χ2n) is 5.10. The molecule has 1 amide bonds. The third kappa shape index (κ3) is 2.18. The molecule has 7 heteroatoms. The van der Waals surface area contributed by atoms with Gasteiger partial charge >= 0.3 is 12.1 Å². The number of carbonyl (C=O) groups excluding carboxylic acids is 1. The Hall–Kier alpha value is -1.27. The minimum atomic E-state index is -4.83. The summed E-state index contributed by atoms with van der Waals surface area (Å²) in [7, 11) is 0. The zero-order valence-electron chi connectivity index (χ0n) is 9.66. The van der Waals surface area contributed by atoms with Crippen LogP contribution in [0.4, 0.5) is 13.2 Å². The van der Waals surface area contributed by atoms with E-state index in [4.69, 9.17) is 5.11 Å². The molecule has 1 N–H and O–H groups in total. The Bertz CT molecular complexity index is 378. The minimum absolute atomic E-state index is 0.128. The predicted molar refractivity (Wildman–Crippen MR) is 54.7 cm³/mol. The van der Waals surface area contributed by atoms with E-state index in [1.165, 1.54) is 0 Å². The van der Waals surface area contributed by atoms with E-state index in [2.05, 4.69) is 0 Å². The molecule has 0 radical (unpaired) electrons. The molecule has 1 saturated carbocycles. The van der Waals surface area contributed by atoms with Gasteiger partial charge in [0.05, 0.1) is 0 Å². The lowest BCUT2D eigenvalue weighted by Crippen LogP contribution is -2.47. The number of amides is 1. The molecule has 1 aliphatic carbocycles. The first-order valence-corrected chi connectivity index (χ1v) is 5.84. The number of hydrogen-bond acceptors (Lipinski definition) is 2. The molecule has 1 atom stereocenters. The molecule has 1 heterocycles. The number of carboxylic acids is 1. The molecule has 2 aliphatic rings. The molecule has 0 aromatic rings. The van der Waals surface area contributed by atoms with Gasteiger partial charge in [0.25, 0.3) is 0 Å². The number of rotatable bonds is 3. The highest BCUT2D eigenvalue weighted by Crippen LogP contribution is 2.46. The van der Waals surface area contributed by atoms with Crippen molar-refractivity contribution in [3.05, 3.63) is 0 Å². The quantitative estimate of drug-likeness (QED) is 0.844. The molecule has 1 aliphatic heterocycles. The van der Waals surface area contributed by atoms with Crippen LogP contribution in [-0.4, -0.2) is 41.1 Å². The summed E-state index contributed by atoms with van der Waals surface area (Å²) in [5.74, 6) is -1.97.